The summed E-state index contributed by atoms with van der Waals surface area (Å²) in [5, 5.41) is 6.69. The molecule has 1 heterocycles. The van der Waals surface area contributed by atoms with E-state index in [4.69, 9.17) is 4.42 Å². The van der Waals surface area contributed by atoms with Gasteiger partial charge in [0.15, 0.2) is 5.96 Å². The number of nitrogens with zero attached hydrogens (tertiary/aromatic N) is 1. The van der Waals surface area contributed by atoms with Crippen LogP contribution in [0.4, 0.5) is 0 Å². The fourth-order valence-corrected chi connectivity index (χ4v) is 1.77. The Bertz CT molecular complexity index is 363. The molecule has 0 aliphatic heterocycles. The highest BCUT2D eigenvalue weighted by Gasteiger charge is 2.06. The summed E-state index contributed by atoms with van der Waals surface area (Å²) < 4.78 is 5.28. The quantitative estimate of drug-likeness (QED) is 0.421. The molecule has 116 valence electrons. The molecule has 20 heavy (non-hydrogen) atoms. The summed E-state index contributed by atoms with van der Waals surface area (Å²) >= 11 is 0. The number of furan rings is 1. The zero-order valence-corrected chi connectivity index (χ0v) is 15.3. The van der Waals surface area contributed by atoms with Crippen molar-refractivity contribution in [3.63, 3.8) is 0 Å². The number of hydrogen-bond acceptors (Lipinski definition) is 2. The summed E-state index contributed by atoms with van der Waals surface area (Å²) in [6, 6.07) is 4.25. The lowest BCUT2D eigenvalue weighted by Gasteiger charge is -2.18. The van der Waals surface area contributed by atoms with E-state index >= 15 is 0 Å². The molecule has 1 aromatic rings. The largest absolute Gasteiger partial charge is 0.467 e. The van der Waals surface area contributed by atoms with E-state index in [1.807, 2.05) is 12.1 Å². The Morgan fingerprint density at radius 2 is 2.05 bits per heavy atom. The molecule has 0 aromatic carbocycles. The minimum absolute atomic E-state index is 0. The van der Waals surface area contributed by atoms with E-state index < -0.39 is 0 Å². The molecular weight excluding hydrogens is 365 g/mol. The van der Waals surface area contributed by atoms with Crippen molar-refractivity contribution < 1.29 is 4.42 Å². The van der Waals surface area contributed by atoms with E-state index in [0.717, 1.165) is 30.6 Å². The van der Waals surface area contributed by atoms with Crippen LogP contribution in [0.1, 0.15) is 46.3 Å². The van der Waals surface area contributed by atoms with Gasteiger partial charge in [0, 0.05) is 12.6 Å². The highest BCUT2D eigenvalue weighted by atomic mass is 127. The van der Waals surface area contributed by atoms with E-state index in [9.17, 15) is 0 Å². The summed E-state index contributed by atoms with van der Waals surface area (Å²) in [6.07, 6.45) is 4.06. The first kappa shape index (κ1) is 19.3. The average Bonchev–Trinajstić information content (AvgIpc) is 2.87. The molecule has 0 saturated heterocycles. The fraction of sp³-hybridized carbons (Fsp3) is 0.667. The molecule has 0 radical (unpaired) electrons. The maximum absolute atomic E-state index is 5.28. The first-order valence-corrected chi connectivity index (χ1v) is 7.19. The lowest BCUT2D eigenvalue weighted by molar-refractivity contribution is 0.487. The molecule has 1 atom stereocenters. The number of hydrogen-bond donors (Lipinski definition) is 2. The zero-order chi connectivity index (χ0) is 14.1. The average molecular weight is 393 g/mol. The van der Waals surface area contributed by atoms with E-state index in [1.54, 1.807) is 6.26 Å². The predicted molar refractivity (Wildman–Crippen MR) is 95.6 cm³/mol. The molecule has 0 aliphatic carbocycles. The summed E-state index contributed by atoms with van der Waals surface area (Å²) in [6.45, 7) is 10.2. The monoisotopic (exact) mass is 393 g/mol. The van der Waals surface area contributed by atoms with Crippen LogP contribution in [0, 0.1) is 5.92 Å². The Morgan fingerprint density at radius 3 is 2.60 bits per heavy atom. The van der Waals surface area contributed by atoms with Crippen LogP contribution in [0.5, 0.6) is 0 Å². The topological polar surface area (TPSA) is 49.6 Å². The Labute approximate surface area is 139 Å². The van der Waals surface area contributed by atoms with Crippen LogP contribution < -0.4 is 10.6 Å². The lowest BCUT2D eigenvalue weighted by Crippen LogP contribution is -2.42. The maximum Gasteiger partial charge on any atom is 0.191 e. The van der Waals surface area contributed by atoms with Gasteiger partial charge < -0.3 is 15.1 Å². The highest BCUT2D eigenvalue weighted by molar-refractivity contribution is 14.0. The minimum Gasteiger partial charge on any atom is -0.467 e. The number of aliphatic imine (C=N–C) groups is 1. The van der Waals surface area contributed by atoms with Gasteiger partial charge in [-0.25, -0.2) is 4.99 Å². The van der Waals surface area contributed by atoms with E-state index in [2.05, 4.69) is 43.3 Å². The number of halogens is 1. The van der Waals surface area contributed by atoms with Crippen molar-refractivity contribution in [2.24, 2.45) is 10.9 Å². The van der Waals surface area contributed by atoms with Crippen molar-refractivity contribution in [3.05, 3.63) is 24.2 Å². The number of rotatable bonds is 7. The van der Waals surface area contributed by atoms with Gasteiger partial charge in [0.25, 0.3) is 0 Å². The van der Waals surface area contributed by atoms with Crippen molar-refractivity contribution in [1.82, 2.24) is 10.6 Å². The SMILES string of the molecule is CCNC(=NCc1ccco1)NC(C)CCC(C)C.I. The Balaban J connectivity index is 0.00000361. The molecule has 0 spiro atoms. The Morgan fingerprint density at radius 1 is 1.30 bits per heavy atom. The van der Waals surface area contributed by atoms with Gasteiger partial charge in [-0.15, -0.1) is 24.0 Å². The van der Waals surface area contributed by atoms with Gasteiger partial charge in [0.1, 0.15) is 12.3 Å². The molecule has 2 N–H and O–H groups in total. The third kappa shape index (κ3) is 8.45. The first-order chi connectivity index (χ1) is 9.11. The molecule has 0 saturated carbocycles. The van der Waals surface area contributed by atoms with Gasteiger partial charge in [-0.3, -0.25) is 0 Å². The fourth-order valence-electron chi connectivity index (χ4n) is 1.77. The van der Waals surface area contributed by atoms with Gasteiger partial charge in [-0.05, 0) is 44.7 Å². The van der Waals surface area contributed by atoms with Crippen LogP contribution in [0.25, 0.3) is 0 Å². The molecule has 1 rings (SSSR count). The van der Waals surface area contributed by atoms with Crippen LogP contribution in [-0.2, 0) is 6.54 Å². The van der Waals surface area contributed by atoms with Crippen LogP contribution >= 0.6 is 24.0 Å². The molecule has 0 aliphatic rings. The van der Waals surface area contributed by atoms with Gasteiger partial charge in [0.05, 0.1) is 6.26 Å². The van der Waals surface area contributed by atoms with Crippen LogP contribution in [0.15, 0.2) is 27.8 Å². The molecule has 0 fully saturated rings. The van der Waals surface area contributed by atoms with Gasteiger partial charge in [-0.1, -0.05) is 13.8 Å². The van der Waals surface area contributed by atoms with Gasteiger partial charge >= 0.3 is 0 Å². The summed E-state index contributed by atoms with van der Waals surface area (Å²) in [7, 11) is 0. The van der Waals surface area contributed by atoms with Crippen LogP contribution in [-0.4, -0.2) is 18.5 Å². The van der Waals surface area contributed by atoms with Gasteiger partial charge in [-0.2, -0.15) is 0 Å². The third-order valence-electron chi connectivity index (χ3n) is 2.88. The lowest BCUT2D eigenvalue weighted by atomic mass is 10.0. The van der Waals surface area contributed by atoms with Crippen molar-refractivity contribution >= 4 is 29.9 Å². The molecule has 5 heteroatoms. The molecule has 1 aromatic heterocycles. The second-order valence-electron chi connectivity index (χ2n) is 5.29. The van der Waals surface area contributed by atoms with Crippen molar-refractivity contribution in [1.29, 1.82) is 0 Å². The minimum atomic E-state index is 0. The van der Waals surface area contributed by atoms with E-state index in [-0.39, 0.29) is 24.0 Å². The van der Waals surface area contributed by atoms with Crippen molar-refractivity contribution in [2.75, 3.05) is 6.54 Å². The smallest absolute Gasteiger partial charge is 0.191 e. The first-order valence-electron chi connectivity index (χ1n) is 7.19. The Hall–Kier alpha value is -0.720. The van der Waals surface area contributed by atoms with Crippen LogP contribution in [0.2, 0.25) is 0 Å². The van der Waals surface area contributed by atoms with Crippen LogP contribution in [0.3, 0.4) is 0 Å². The molecule has 0 amide bonds. The number of guanidine groups is 1. The Kier molecular flexibility index (Phi) is 10.6. The summed E-state index contributed by atoms with van der Waals surface area (Å²) in [4.78, 5) is 4.52. The summed E-state index contributed by atoms with van der Waals surface area (Å²) in [5.74, 6) is 2.48. The number of nitrogens with one attached hydrogen (secondary N) is 2. The molecule has 0 bridgehead atoms. The van der Waals surface area contributed by atoms with E-state index in [1.165, 1.54) is 6.42 Å². The standard InChI is InChI=1S/C15H27N3O.HI/c1-5-16-15(17-11-14-7-6-10-19-14)18-13(4)9-8-12(2)3;/h6-7,10,12-13H,5,8-9,11H2,1-4H3,(H2,16,17,18);1H. The van der Waals surface area contributed by atoms with Crippen molar-refractivity contribution in [2.45, 2.75) is 53.1 Å². The second kappa shape index (κ2) is 11.0. The third-order valence-corrected chi connectivity index (χ3v) is 2.88. The second-order valence-corrected chi connectivity index (χ2v) is 5.29. The highest BCUT2D eigenvalue weighted by Crippen LogP contribution is 2.06. The summed E-state index contributed by atoms with van der Waals surface area (Å²) in [5.41, 5.74) is 0. The normalized spacial score (nSPS) is 12.9. The molecular formula is C15H28IN3O. The predicted octanol–water partition coefficient (Wildman–Crippen LogP) is 3.78. The molecule has 4 nitrogen and oxygen atoms in total. The van der Waals surface area contributed by atoms with Gasteiger partial charge in [0.2, 0.25) is 0 Å². The zero-order valence-electron chi connectivity index (χ0n) is 13.0. The molecule has 1 unspecified atom stereocenters. The van der Waals surface area contributed by atoms with E-state index in [0.29, 0.717) is 12.6 Å². The maximum atomic E-state index is 5.28. The van der Waals surface area contributed by atoms with Crippen molar-refractivity contribution in [3.8, 4) is 0 Å².